The summed E-state index contributed by atoms with van der Waals surface area (Å²) in [6.07, 6.45) is -2.58. The lowest BCUT2D eigenvalue weighted by Crippen LogP contribution is -2.25. The van der Waals surface area contributed by atoms with Gasteiger partial charge in [-0.3, -0.25) is 4.79 Å². The molecular formula is C15H17NO3. The average molecular weight is 259 g/mol. The second-order valence-electron chi connectivity index (χ2n) is 4.70. The molecule has 19 heavy (non-hydrogen) atoms. The van der Waals surface area contributed by atoms with Gasteiger partial charge in [-0.1, -0.05) is 36.4 Å². The minimum atomic E-state index is -1.19. The molecule has 0 saturated heterocycles. The van der Waals surface area contributed by atoms with Gasteiger partial charge < -0.3 is 15.9 Å². The fourth-order valence-corrected chi connectivity index (χ4v) is 2.26. The molecule has 100 valence electrons. The Labute approximate surface area is 111 Å². The molecule has 4 heteroatoms. The molecule has 2 aromatic rings. The molecule has 2 aromatic carbocycles. The predicted molar refractivity (Wildman–Crippen MR) is 73.5 cm³/mol. The van der Waals surface area contributed by atoms with Gasteiger partial charge in [0.2, 0.25) is 5.91 Å². The van der Waals surface area contributed by atoms with E-state index in [1.54, 1.807) is 6.07 Å². The molecule has 0 radical (unpaired) electrons. The summed E-state index contributed by atoms with van der Waals surface area (Å²) in [7, 11) is 0. The van der Waals surface area contributed by atoms with Crippen LogP contribution in [0.5, 0.6) is 0 Å². The van der Waals surface area contributed by atoms with Crippen molar-refractivity contribution < 1.29 is 15.0 Å². The molecule has 0 aliphatic rings. The van der Waals surface area contributed by atoms with Crippen molar-refractivity contribution in [3.8, 4) is 0 Å². The van der Waals surface area contributed by atoms with E-state index >= 15 is 0 Å². The third-order valence-electron chi connectivity index (χ3n) is 3.27. The quantitative estimate of drug-likeness (QED) is 0.776. The van der Waals surface area contributed by atoms with Crippen LogP contribution >= 0.6 is 0 Å². The highest BCUT2D eigenvalue weighted by Crippen LogP contribution is 2.29. The van der Waals surface area contributed by atoms with E-state index in [4.69, 9.17) is 5.73 Å². The van der Waals surface area contributed by atoms with E-state index in [1.165, 1.54) is 0 Å². The zero-order valence-corrected chi connectivity index (χ0v) is 10.7. The normalized spacial score (nSPS) is 14.3. The van der Waals surface area contributed by atoms with Crippen molar-refractivity contribution in [1.29, 1.82) is 0 Å². The first kappa shape index (κ1) is 13.5. The number of carbonyl (C=O) groups excluding carboxylic acids is 1. The van der Waals surface area contributed by atoms with Gasteiger partial charge in [0.05, 0.1) is 12.5 Å². The van der Waals surface area contributed by atoms with E-state index in [9.17, 15) is 15.0 Å². The average Bonchev–Trinajstić information content (AvgIpc) is 2.38. The Bertz CT molecular complexity index is 609. The third kappa shape index (κ3) is 2.75. The number of fused-ring (bicyclic) bond motifs is 1. The van der Waals surface area contributed by atoms with Crippen LogP contribution in [0.15, 0.2) is 36.4 Å². The second-order valence-corrected chi connectivity index (χ2v) is 4.70. The smallest absolute Gasteiger partial charge is 0.220 e. The van der Waals surface area contributed by atoms with E-state index in [0.717, 1.165) is 16.3 Å². The molecule has 0 aliphatic heterocycles. The van der Waals surface area contributed by atoms with E-state index in [2.05, 4.69) is 0 Å². The monoisotopic (exact) mass is 259 g/mol. The summed E-state index contributed by atoms with van der Waals surface area (Å²) in [5.41, 5.74) is 6.74. The number of hydrogen-bond donors (Lipinski definition) is 3. The zero-order valence-electron chi connectivity index (χ0n) is 10.7. The second kappa shape index (κ2) is 5.38. The highest BCUT2D eigenvalue weighted by atomic mass is 16.3. The van der Waals surface area contributed by atoms with Gasteiger partial charge in [0.25, 0.3) is 0 Å². The maximum atomic E-state index is 10.8. The van der Waals surface area contributed by atoms with Crippen LogP contribution in [0.1, 0.15) is 23.7 Å². The number of nitrogens with two attached hydrogens (primary N) is 1. The van der Waals surface area contributed by atoms with Crippen LogP contribution in [0.25, 0.3) is 10.8 Å². The Hall–Kier alpha value is -1.91. The number of hydrogen-bond acceptors (Lipinski definition) is 3. The maximum Gasteiger partial charge on any atom is 0.220 e. The Balaban J connectivity index is 2.45. The molecule has 4 nitrogen and oxygen atoms in total. The molecule has 0 saturated carbocycles. The van der Waals surface area contributed by atoms with Gasteiger partial charge in [0.1, 0.15) is 6.10 Å². The van der Waals surface area contributed by atoms with Crippen LogP contribution in [-0.2, 0) is 4.79 Å². The van der Waals surface area contributed by atoms with Gasteiger partial charge in [-0.15, -0.1) is 0 Å². The van der Waals surface area contributed by atoms with Crippen molar-refractivity contribution in [2.45, 2.75) is 25.6 Å². The number of amides is 1. The molecular weight excluding hydrogens is 242 g/mol. The van der Waals surface area contributed by atoms with Crippen molar-refractivity contribution >= 4 is 16.7 Å². The fourth-order valence-electron chi connectivity index (χ4n) is 2.26. The van der Waals surface area contributed by atoms with Gasteiger partial charge in [-0.05, 0) is 28.8 Å². The van der Waals surface area contributed by atoms with Crippen LogP contribution < -0.4 is 5.73 Å². The molecule has 2 atom stereocenters. The number of aliphatic hydroxyl groups excluding tert-OH is 2. The summed E-state index contributed by atoms with van der Waals surface area (Å²) in [5, 5.41) is 21.9. The molecule has 0 aromatic heterocycles. The van der Waals surface area contributed by atoms with E-state index in [1.807, 2.05) is 37.3 Å². The van der Waals surface area contributed by atoms with Crippen LogP contribution in [0.2, 0.25) is 0 Å². The van der Waals surface area contributed by atoms with Crippen molar-refractivity contribution in [3.05, 3.63) is 47.5 Å². The number of carbonyl (C=O) groups is 1. The number of aryl methyl sites for hydroxylation is 1. The number of primary amides is 1. The lowest BCUT2D eigenvalue weighted by molar-refractivity contribution is -0.121. The first-order chi connectivity index (χ1) is 9.00. The molecule has 0 aliphatic carbocycles. The van der Waals surface area contributed by atoms with Crippen molar-refractivity contribution in [2.75, 3.05) is 0 Å². The van der Waals surface area contributed by atoms with Crippen molar-refractivity contribution in [3.63, 3.8) is 0 Å². The molecule has 1 amide bonds. The third-order valence-corrected chi connectivity index (χ3v) is 3.27. The molecule has 4 N–H and O–H groups in total. The summed E-state index contributed by atoms with van der Waals surface area (Å²) in [6.45, 7) is 1.98. The van der Waals surface area contributed by atoms with Crippen LogP contribution in [0, 0.1) is 6.92 Å². The maximum absolute atomic E-state index is 10.8. The minimum absolute atomic E-state index is 0.261. The van der Waals surface area contributed by atoms with Gasteiger partial charge >= 0.3 is 0 Å². The summed E-state index contributed by atoms with van der Waals surface area (Å²) < 4.78 is 0. The van der Waals surface area contributed by atoms with Crippen molar-refractivity contribution in [2.24, 2.45) is 5.73 Å². The summed E-state index contributed by atoms with van der Waals surface area (Å²) in [4.78, 5) is 10.8. The number of rotatable bonds is 4. The molecule has 2 rings (SSSR count). The van der Waals surface area contributed by atoms with Gasteiger partial charge in [0, 0.05) is 0 Å². The van der Waals surface area contributed by atoms with Gasteiger partial charge in [0.15, 0.2) is 0 Å². The van der Waals surface area contributed by atoms with Crippen LogP contribution in [0.4, 0.5) is 0 Å². The van der Waals surface area contributed by atoms with Gasteiger partial charge in [-0.25, -0.2) is 0 Å². The molecule has 0 spiro atoms. The Kier molecular flexibility index (Phi) is 3.83. The van der Waals surface area contributed by atoms with E-state index in [-0.39, 0.29) is 6.42 Å². The summed E-state index contributed by atoms with van der Waals surface area (Å²) >= 11 is 0. The van der Waals surface area contributed by atoms with Gasteiger partial charge in [-0.2, -0.15) is 0 Å². The fraction of sp³-hybridized carbons (Fsp3) is 0.267. The Morgan fingerprint density at radius 3 is 2.42 bits per heavy atom. The predicted octanol–water partition coefficient (Wildman–Crippen LogP) is 1.42. The first-order valence-corrected chi connectivity index (χ1v) is 6.13. The van der Waals surface area contributed by atoms with Crippen LogP contribution in [0.3, 0.4) is 0 Å². The zero-order chi connectivity index (χ0) is 14.0. The Morgan fingerprint density at radius 2 is 1.79 bits per heavy atom. The minimum Gasteiger partial charge on any atom is -0.390 e. The summed E-state index contributed by atoms with van der Waals surface area (Å²) in [5.74, 6) is -0.636. The topological polar surface area (TPSA) is 83.6 Å². The lowest BCUT2D eigenvalue weighted by Gasteiger charge is -2.19. The largest absolute Gasteiger partial charge is 0.390 e. The Morgan fingerprint density at radius 1 is 1.16 bits per heavy atom. The standard InChI is InChI=1S/C15H17NO3/c1-9-6-7-12(11-5-3-2-4-10(9)11)15(19)13(17)8-14(16)18/h2-7,13,15,17,19H,8H2,1H3,(H2,16,18). The van der Waals surface area contributed by atoms with E-state index in [0.29, 0.717) is 5.56 Å². The number of aliphatic hydroxyl groups is 2. The molecule has 0 heterocycles. The SMILES string of the molecule is Cc1ccc(C(O)C(O)CC(N)=O)c2ccccc12. The summed E-state index contributed by atoms with van der Waals surface area (Å²) in [6, 6.07) is 11.3. The highest BCUT2D eigenvalue weighted by molar-refractivity contribution is 5.89. The molecule has 0 fully saturated rings. The molecule has 0 bridgehead atoms. The highest BCUT2D eigenvalue weighted by Gasteiger charge is 2.22. The number of benzene rings is 2. The van der Waals surface area contributed by atoms with E-state index < -0.39 is 18.1 Å². The first-order valence-electron chi connectivity index (χ1n) is 6.13. The van der Waals surface area contributed by atoms with Crippen molar-refractivity contribution in [1.82, 2.24) is 0 Å². The molecule has 2 unspecified atom stereocenters. The van der Waals surface area contributed by atoms with Crippen LogP contribution in [-0.4, -0.2) is 22.2 Å². The lowest BCUT2D eigenvalue weighted by atomic mass is 9.94.